The van der Waals surface area contributed by atoms with Crippen molar-refractivity contribution in [1.29, 1.82) is 0 Å². The molecule has 1 saturated heterocycles. The zero-order valence-corrected chi connectivity index (χ0v) is 13.3. The highest BCUT2D eigenvalue weighted by atomic mass is 28.4. The molecular weight excluding hydrogens is 228 g/mol. The Kier molecular flexibility index (Phi) is 6.17. The van der Waals surface area contributed by atoms with Crippen LogP contribution >= 0.6 is 0 Å². The van der Waals surface area contributed by atoms with E-state index < -0.39 is 8.56 Å². The molecule has 1 fully saturated rings. The van der Waals surface area contributed by atoms with E-state index in [1.807, 2.05) is 0 Å². The highest BCUT2D eigenvalue weighted by Crippen LogP contribution is 2.50. The first-order valence-corrected chi connectivity index (χ1v) is 9.37. The molecule has 2 unspecified atom stereocenters. The SMILES string of the molecule is CCO[Si]1(OCC)C(CC)CCCC1C(C)C. The van der Waals surface area contributed by atoms with Gasteiger partial charge in [-0.2, -0.15) is 0 Å². The molecule has 2 nitrogen and oxygen atoms in total. The third-order valence-electron chi connectivity index (χ3n) is 4.19. The first kappa shape index (κ1) is 15.2. The van der Waals surface area contributed by atoms with E-state index in [-0.39, 0.29) is 0 Å². The molecule has 0 amide bonds. The van der Waals surface area contributed by atoms with Crippen molar-refractivity contribution in [2.75, 3.05) is 13.2 Å². The van der Waals surface area contributed by atoms with Crippen molar-refractivity contribution in [3.63, 3.8) is 0 Å². The van der Waals surface area contributed by atoms with E-state index in [4.69, 9.17) is 8.85 Å². The monoisotopic (exact) mass is 258 g/mol. The summed E-state index contributed by atoms with van der Waals surface area (Å²) in [5, 5.41) is 0. The summed E-state index contributed by atoms with van der Waals surface area (Å²) in [6.45, 7) is 12.8. The summed E-state index contributed by atoms with van der Waals surface area (Å²) < 4.78 is 12.6. The van der Waals surface area contributed by atoms with Crippen LogP contribution in [0, 0.1) is 5.92 Å². The van der Waals surface area contributed by atoms with Crippen molar-refractivity contribution in [3.8, 4) is 0 Å². The second-order valence-corrected chi connectivity index (χ2v) is 9.05. The predicted octanol–water partition coefficient (Wildman–Crippen LogP) is 4.49. The molecule has 0 spiro atoms. The van der Waals surface area contributed by atoms with Gasteiger partial charge in [-0.3, -0.25) is 0 Å². The van der Waals surface area contributed by atoms with Crippen molar-refractivity contribution >= 4 is 8.56 Å². The normalized spacial score (nSPS) is 28.6. The lowest BCUT2D eigenvalue weighted by Crippen LogP contribution is -2.54. The molecule has 102 valence electrons. The van der Waals surface area contributed by atoms with Crippen LogP contribution in [-0.2, 0) is 8.85 Å². The molecular formula is C14H30O2Si. The lowest BCUT2D eigenvalue weighted by Gasteiger charge is -2.47. The lowest BCUT2D eigenvalue weighted by molar-refractivity contribution is 0.139. The molecule has 3 heteroatoms. The van der Waals surface area contributed by atoms with Crippen molar-refractivity contribution in [2.45, 2.75) is 71.4 Å². The molecule has 17 heavy (non-hydrogen) atoms. The highest BCUT2D eigenvalue weighted by Gasteiger charge is 2.54. The fraction of sp³-hybridized carbons (Fsp3) is 1.00. The van der Waals surface area contributed by atoms with Crippen LogP contribution in [0.25, 0.3) is 0 Å². The first-order chi connectivity index (χ1) is 8.12. The smallest absolute Gasteiger partial charge is 0.344 e. The highest BCUT2D eigenvalue weighted by molar-refractivity contribution is 6.70. The average Bonchev–Trinajstić information content (AvgIpc) is 2.29. The Labute approximate surface area is 108 Å². The first-order valence-electron chi connectivity index (χ1n) is 7.40. The zero-order valence-electron chi connectivity index (χ0n) is 12.3. The van der Waals surface area contributed by atoms with Crippen LogP contribution < -0.4 is 0 Å². The quantitative estimate of drug-likeness (QED) is 0.653. The van der Waals surface area contributed by atoms with E-state index in [0.717, 1.165) is 13.2 Å². The van der Waals surface area contributed by atoms with Gasteiger partial charge in [0.05, 0.1) is 0 Å². The number of rotatable bonds is 6. The fourth-order valence-electron chi connectivity index (χ4n) is 3.52. The molecule has 0 N–H and O–H groups in total. The van der Waals surface area contributed by atoms with E-state index in [2.05, 4.69) is 34.6 Å². The van der Waals surface area contributed by atoms with Crippen LogP contribution in [0.15, 0.2) is 0 Å². The standard InChI is InChI=1S/C14H30O2Si/c1-6-13-10-9-11-14(12(4)5)17(13,15-7-2)16-8-3/h12-14H,6-11H2,1-5H3. The van der Waals surface area contributed by atoms with Gasteiger partial charge < -0.3 is 8.85 Å². The Hall–Kier alpha value is 0.137. The van der Waals surface area contributed by atoms with Gasteiger partial charge in [-0.15, -0.1) is 0 Å². The van der Waals surface area contributed by atoms with E-state index >= 15 is 0 Å². The van der Waals surface area contributed by atoms with Crippen LogP contribution in [0.2, 0.25) is 11.1 Å². The Morgan fingerprint density at radius 3 is 2.06 bits per heavy atom. The van der Waals surface area contributed by atoms with Gasteiger partial charge >= 0.3 is 8.56 Å². The molecule has 0 aliphatic carbocycles. The van der Waals surface area contributed by atoms with Gasteiger partial charge in [0.1, 0.15) is 0 Å². The van der Waals surface area contributed by atoms with Crippen molar-refractivity contribution in [3.05, 3.63) is 0 Å². The van der Waals surface area contributed by atoms with Crippen molar-refractivity contribution in [1.82, 2.24) is 0 Å². The summed E-state index contributed by atoms with van der Waals surface area (Å²) >= 11 is 0. The molecule has 1 aliphatic heterocycles. The van der Waals surface area contributed by atoms with Crippen LogP contribution in [0.5, 0.6) is 0 Å². The average molecular weight is 258 g/mol. The van der Waals surface area contributed by atoms with Gasteiger partial charge in [-0.05, 0) is 32.6 Å². The summed E-state index contributed by atoms with van der Waals surface area (Å²) in [5.74, 6) is 0.689. The predicted molar refractivity (Wildman–Crippen MR) is 75.5 cm³/mol. The Morgan fingerprint density at radius 2 is 1.65 bits per heavy atom. The van der Waals surface area contributed by atoms with E-state index in [0.29, 0.717) is 17.0 Å². The zero-order chi connectivity index (χ0) is 12.9. The Balaban J connectivity index is 2.99. The molecule has 1 aliphatic rings. The van der Waals surface area contributed by atoms with Gasteiger partial charge in [0.25, 0.3) is 0 Å². The minimum atomic E-state index is -2.00. The minimum absolute atomic E-state index is 0.682. The topological polar surface area (TPSA) is 18.5 Å². The molecule has 1 rings (SSSR count). The lowest BCUT2D eigenvalue weighted by atomic mass is 10.0. The molecule has 0 saturated carbocycles. The number of hydrogen-bond donors (Lipinski definition) is 0. The second-order valence-electron chi connectivity index (χ2n) is 5.47. The fourth-order valence-corrected chi connectivity index (χ4v) is 8.72. The van der Waals surface area contributed by atoms with E-state index in [9.17, 15) is 0 Å². The maximum Gasteiger partial charge on any atom is 0.344 e. The van der Waals surface area contributed by atoms with Crippen LogP contribution in [0.4, 0.5) is 0 Å². The molecule has 0 aromatic rings. The third-order valence-corrected chi connectivity index (χ3v) is 9.49. The summed E-state index contributed by atoms with van der Waals surface area (Å²) in [6.07, 6.45) is 5.19. The number of hydrogen-bond acceptors (Lipinski definition) is 2. The van der Waals surface area contributed by atoms with Gasteiger partial charge in [-0.1, -0.05) is 33.6 Å². The summed E-state index contributed by atoms with van der Waals surface area (Å²) in [4.78, 5) is 0. The van der Waals surface area contributed by atoms with Gasteiger partial charge in [0, 0.05) is 24.3 Å². The molecule has 0 aromatic heterocycles. The van der Waals surface area contributed by atoms with Crippen LogP contribution in [0.3, 0.4) is 0 Å². The maximum atomic E-state index is 6.30. The Bertz CT molecular complexity index is 212. The second kappa shape index (κ2) is 6.91. The summed E-state index contributed by atoms with van der Waals surface area (Å²) in [5.41, 5.74) is 1.38. The van der Waals surface area contributed by atoms with Gasteiger partial charge in [0.2, 0.25) is 0 Å². The van der Waals surface area contributed by atoms with Gasteiger partial charge in [0.15, 0.2) is 0 Å². The van der Waals surface area contributed by atoms with Gasteiger partial charge in [-0.25, -0.2) is 0 Å². The van der Waals surface area contributed by atoms with Crippen LogP contribution in [0.1, 0.15) is 60.3 Å². The molecule has 0 bridgehead atoms. The summed E-state index contributed by atoms with van der Waals surface area (Å²) in [6, 6.07) is 0. The largest absolute Gasteiger partial charge is 0.394 e. The molecule has 0 aromatic carbocycles. The molecule has 2 atom stereocenters. The summed E-state index contributed by atoms with van der Waals surface area (Å²) in [7, 11) is -2.00. The third kappa shape index (κ3) is 3.12. The van der Waals surface area contributed by atoms with Crippen molar-refractivity contribution < 1.29 is 8.85 Å². The Morgan fingerprint density at radius 1 is 1.06 bits per heavy atom. The van der Waals surface area contributed by atoms with Crippen molar-refractivity contribution in [2.24, 2.45) is 5.92 Å². The van der Waals surface area contributed by atoms with E-state index in [1.165, 1.54) is 25.7 Å². The molecule has 0 radical (unpaired) electrons. The molecule has 1 heterocycles. The maximum absolute atomic E-state index is 6.30. The van der Waals surface area contributed by atoms with E-state index in [1.54, 1.807) is 0 Å². The van der Waals surface area contributed by atoms with Crippen LogP contribution in [-0.4, -0.2) is 21.8 Å². The minimum Gasteiger partial charge on any atom is -0.394 e.